The van der Waals surface area contributed by atoms with Gasteiger partial charge in [-0.2, -0.15) is 13.2 Å². The van der Waals surface area contributed by atoms with Crippen molar-refractivity contribution >= 4 is 14.3 Å². The highest BCUT2D eigenvalue weighted by molar-refractivity contribution is 6.74. The van der Waals surface area contributed by atoms with Gasteiger partial charge in [0.2, 0.25) is 0 Å². The minimum Gasteiger partial charge on any atom is -0.481 e. The first kappa shape index (κ1) is 24.4. The fraction of sp³-hybridized carbons (Fsp3) is 0.478. The van der Waals surface area contributed by atoms with Crippen LogP contribution in [0.15, 0.2) is 36.4 Å². The molecule has 1 aromatic heterocycles. The summed E-state index contributed by atoms with van der Waals surface area (Å²) in [6.45, 7) is 10.4. The molecule has 9 heteroatoms. The number of aromatic nitrogens is 1. The molecule has 1 fully saturated rings. The van der Waals surface area contributed by atoms with E-state index in [2.05, 4.69) is 25.8 Å². The number of pyridine rings is 1. The van der Waals surface area contributed by atoms with Gasteiger partial charge in [-0.15, -0.1) is 0 Å². The Hall–Kier alpha value is -2.23. The van der Waals surface area contributed by atoms with Gasteiger partial charge < -0.3 is 14.3 Å². The van der Waals surface area contributed by atoms with Crippen molar-refractivity contribution in [2.24, 2.45) is 5.92 Å². The molecule has 0 bridgehead atoms. The number of rotatable bonds is 6. The molecule has 1 aromatic carbocycles. The van der Waals surface area contributed by atoms with Crippen LogP contribution in [0.25, 0.3) is 11.1 Å². The number of halogens is 3. The van der Waals surface area contributed by atoms with E-state index in [1.165, 1.54) is 6.07 Å². The molecule has 174 valence electrons. The normalized spacial score (nSPS) is 19.5. The lowest BCUT2D eigenvalue weighted by molar-refractivity contribution is -0.174. The molecular weight excluding hydrogens is 439 g/mol. The molecule has 1 N–H and O–H groups in total. The van der Waals surface area contributed by atoms with E-state index in [1.54, 1.807) is 24.3 Å². The number of benzene rings is 1. The minimum atomic E-state index is -4.55. The van der Waals surface area contributed by atoms with Gasteiger partial charge in [-0.05, 0) is 35.3 Å². The molecule has 2 unspecified atom stereocenters. The van der Waals surface area contributed by atoms with Gasteiger partial charge in [-0.3, -0.25) is 4.79 Å². The van der Waals surface area contributed by atoms with Crippen LogP contribution in [0.5, 0.6) is 0 Å². The predicted molar refractivity (Wildman–Crippen MR) is 116 cm³/mol. The molecule has 0 radical (unpaired) electrons. The molecule has 5 nitrogen and oxygen atoms in total. The SMILES string of the molecule is CC(C)(C)[Si](C)(C)OCc1nc(C(F)(F)F)ccc1-c1ccc(C2OCC2C(=O)O)cc1. The Balaban J connectivity index is 1.92. The zero-order valence-electron chi connectivity index (χ0n) is 18.8. The van der Waals surface area contributed by atoms with Crippen LogP contribution >= 0.6 is 0 Å². The largest absolute Gasteiger partial charge is 0.481 e. The van der Waals surface area contributed by atoms with Gasteiger partial charge in [-0.1, -0.05) is 51.1 Å². The van der Waals surface area contributed by atoms with Crippen LogP contribution in [0.4, 0.5) is 13.2 Å². The molecule has 2 heterocycles. The van der Waals surface area contributed by atoms with Crippen LogP contribution in [-0.4, -0.2) is 31.0 Å². The standard InChI is InChI=1S/C23H28F3NO4Si/c1-22(2,3)32(4,5)31-13-18-16(10-11-19(27-18)23(24,25)26)14-6-8-15(9-7-14)20-17(12-30-20)21(28)29/h6-11,17,20H,12-13H2,1-5H3,(H,28,29). The van der Waals surface area contributed by atoms with E-state index < -0.39 is 38.2 Å². The van der Waals surface area contributed by atoms with Crippen LogP contribution < -0.4 is 0 Å². The third-order valence-corrected chi connectivity index (χ3v) is 10.8. The highest BCUT2D eigenvalue weighted by atomic mass is 28.4. The Morgan fingerprint density at radius 2 is 1.78 bits per heavy atom. The summed E-state index contributed by atoms with van der Waals surface area (Å²) in [5, 5.41) is 9.12. The zero-order chi connectivity index (χ0) is 23.9. The van der Waals surface area contributed by atoms with Gasteiger partial charge >= 0.3 is 12.1 Å². The van der Waals surface area contributed by atoms with Crippen molar-refractivity contribution in [2.75, 3.05) is 6.61 Å². The predicted octanol–water partition coefficient (Wildman–Crippen LogP) is 6.06. The van der Waals surface area contributed by atoms with Crippen LogP contribution in [0.3, 0.4) is 0 Å². The van der Waals surface area contributed by atoms with Crippen LogP contribution in [-0.2, 0) is 26.7 Å². The minimum absolute atomic E-state index is 0.0235. The van der Waals surface area contributed by atoms with Gasteiger partial charge in [-0.25, -0.2) is 4.98 Å². The molecule has 1 aliphatic rings. The molecule has 3 rings (SSSR count). The molecular formula is C23H28F3NO4Si. The summed E-state index contributed by atoms with van der Waals surface area (Å²) in [6, 6.07) is 9.35. The van der Waals surface area contributed by atoms with Crippen molar-refractivity contribution in [3.05, 3.63) is 53.3 Å². The summed E-state index contributed by atoms with van der Waals surface area (Å²) in [5.41, 5.74) is 1.20. The van der Waals surface area contributed by atoms with E-state index >= 15 is 0 Å². The maximum absolute atomic E-state index is 13.3. The molecule has 2 aromatic rings. The zero-order valence-corrected chi connectivity index (χ0v) is 19.8. The van der Waals surface area contributed by atoms with Crippen molar-refractivity contribution in [1.29, 1.82) is 0 Å². The summed E-state index contributed by atoms with van der Waals surface area (Å²) in [5.74, 6) is -1.51. The number of carbonyl (C=O) groups is 1. The monoisotopic (exact) mass is 467 g/mol. The maximum Gasteiger partial charge on any atom is 0.433 e. The molecule has 2 atom stereocenters. The summed E-state index contributed by atoms with van der Waals surface area (Å²) < 4.78 is 51.4. The van der Waals surface area contributed by atoms with E-state index in [-0.39, 0.29) is 23.9 Å². The third-order valence-electron chi connectivity index (χ3n) is 6.33. The van der Waals surface area contributed by atoms with Crippen molar-refractivity contribution < 1.29 is 32.2 Å². The lowest BCUT2D eigenvalue weighted by Gasteiger charge is -2.36. The highest BCUT2D eigenvalue weighted by Gasteiger charge is 2.40. The second kappa shape index (κ2) is 8.61. The number of aliphatic carboxylic acids is 1. The summed E-state index contributed by atoms with van der Waals surface area (Å²) in [4.78, 5) is 15.1. The smallest absolute Gasteiger partial charge is 0.433 e. The number of hydrogen-bond donors (Lipinski definition) is 1. The van der Waals surface area contributed by atoms with Crippen LogP contribution in [0.2, 0.25) is 18.1 Å². The first-order chi connectivity index (χ1) is 14.7. The van der Waals surface area contributed by atoms with E-state index in [4.69, 9.17) is 9.16 Å². The van der Waals surface area contributed by atoms with Gasteiger partial charge in [0.05, 0.1) is 25.0 Å². The Labute approximate surface area is 186 Å². The second-order valence-corrected chi connectivity index (χ2v) is 14.4. The number of ether oxygens (including phenoxy) is 1. The topological polar surface area (TPSA) is 68.7 Å². The number of hydrogen-bond acceptors (Lipinski definition) is 4. The van der Waals surface area contributed by atoms with Crippen molar-refractivity contribution in [3.63, 3.8) is 0 Å². The average molecular weight is 468 g/mol. The van der Waals surface area contributed by atoms with Crippen LogP contribution in [0.1, 0.15) is 43.8 Å². The molecule has 0 saturated carbocycles. The Morgan fingerprint density at radius 1 is 1.16 bits per heavy atom. The molecule has 0 amide bonds. The fourth-order valence-corrected chi connectivity index (χ4v) is 4.10. The highest BCUT2D eigenvalue weighted by Crippen LogP contribution is 2.39. The lowest BCUT2D eigenvalue weighted by atomic mass is 9.90. The maximum atomic E-state index is 13.3. The number of alkyl halides is 3. The summed E-state index contributed by atoms with van der Waals surface area (Å²) >= 11 is 0. The summed E-state index contributed by atoms with van der Waals surface area (Å²) in [6.07, 6.45) is -5.07. The van der Waals surface area contributed by atoms with Gasteiger partial charge in [0.25, 0.3) is 0 Å². The number of carboxylic acid groups (broad SMARTS) is 1. The first-order valence-electron chi connectivity index (χ1n) is 10.4. The molecule has 1 aliphatic heterocycles. The Bertz CT molecular complexity index is 984. The number of nitrogens with zero attached hydrogens (tertiary/aromatic N) is 1. The number of carboxylic acids is 1. The van der Waals surface area contributed by atoms with E-state index in [0.717, 1.165) is 6.07 Å². The van der Waals surface area contributed by atoms with Crippen molar-refractivity contribution in [1.82, 2.24) is 4.98 Å². The lowest BCUT2D eigenvalue weighted by Crippen LogP contribution is -2.40. The van der Waals surface area contributed by atoms with Gasteiger partial charge in [0, 0.05) is 5.56 Å². The molecule has 1 saturated heterocycles. The van der Waals surface area contributed by atoms with E-state index in [9.17, 15) is 23.1 Å². The van der Waals surface area contributed by atoms with Crippen molar-refractivity contribution in [3.8, 4) is 11.1 Å². The quantitative estimate of drug-likeness (QED) is 0.523. The van der Waals surface area contributed by atoms with Crippen LogP contribution in [0, 0.1) is 5.92 Å². The second-order valence-electron chi connectivity index (χ2n) is 9.56. The average Bonchev–Trinajstić information content (AvgIpc) is 2.64. The van der Waals surface area contributed by atoms with E-state index in [0.29, 0.717) is 16.7 Å². The molecule has 0 aliphatic carbocycles. The van der Waals surface area contributed by atoms with Crippen molar-refractivity contribution in [2.45, 2.75) is 57.8 Å². The Kier molecular flexibility index (Phi) is 6.56. The first-order valence-corrected chi connectivity index (χ1v) is 13.3. The fourth-order valence-electron chi connectivity index (χ4n) is 3.17. The third kappa shape index (κ3) is 5.05. The van der Waals surface area contributed by atoms with Gasteiger partial charge in [0.15, 0.2) is 8.32 Å². The van der Waals surface area contributed by atoms with Gasteiger partial charge in [0.1, 0.15) is 11.6 Å². The Morgan fingerprint density at radius 3 is 2.25 bits per heavy atom. The molecule has 0 spiro atoms. The van der Waals surface area contributed by atoms with E-state index in [1.807, 2.05) is 13.1 Å². The molecule has 32 heavy (non-hydrogen) atoms. The summed E-state index contributed by atoms with van der Waals surface area (Å²) in [7, 11) is -2.21.